The molecule has 2 amide bonds. The molecule has 31 heavy (non-hydrogen) atoms. The molecule has 1 heterocycles. The van der Waals surface area contributed by atoms with Crippen LogP contribution in [0.2, 0.25) is 0 Å². The van der Waals surface area contributed by atoms with Gasteiger partial charge in [-0.05, 0) is 42.2 Å². The molecule has 6 heteroatoms. The zero-order valence-electron chi connectivity index (χ0n) is 18.4. The summed E-state index contributed by atoms with van der Waals surface area (Å²) < 4.78 is 2.15. The number of aryl methyl sites for hydroxylation is 1. The molecule has 0 saturated carbocycles. The van der Waals surface area contributed by atoms with Crippen LogP contribution in [0.25, 0.3) is 0 Å². The zero-order valence-corrected chi connectivity index (χ0v) is 18.4. The van der Waals surface area contributed by atoms with Crippen LogP contribution in [0.5, 0.6) is 0 Å². The monoisotopic (exact) mass is 418 g/mol. The van der Waals surface area contributed by atoms with E-state index in [2.05, 4.69) is 27.3 Å². The number of carbonyl (C=O) groups is 2. The van der Waals surface area contributed by atoms with Gasteiger partial charge in [0.15, 0.2) is 0 Å². The van der Waals surface area contributed by atoms with Crippen molar-refractivity contribution in [1.29, 1.82) is 0 Å². The van der Waals surface area contributed by atoms with Gasteiger partial charge in [0.05, 0.1) is 5.56 Å². The third kappa shape index (κ3) is 5.83. The van der Waals surface area contributed by atoms with Crippen molar-refractivity contribution in [3.63, 3.8) is 0 Å². The Morgan fingerprint density at radius 1 is 0.839 bits per heavy atom. The molecule has 0 unspecified atom stereocenters. The summed E-state index contributed by atoms with van der Waals surface area (Å²) in [5.74, 6) is -0.117. The second-order valence-electron chi connectivity index (χ2n) is 7.80. The van der Waals surface area contributed by atoms with Gasteiger partial charge in [-0.3, -0.25) is 9.59 Å². The number of hydrogen-bond acceptors (Lipinski definition) is 3. The van der Waals surface area contributed by atoms with E-state index in [1.54, 1.807) is 0 Å². The lowest BCUT2D eigenvalue weighted by Gasteiger charge is -2.11. The second-order valence-corrected chi connectivity index (χ2v) is 7.80. The molecule has 0 spiro atoms. The van der Waals surface area contributed by atoms with Gasteiger partial charge in [0, 0.05) is 44.5 Å². The molecule has 0 bridgehead atoms. The lowest BCUT2D eigenvalue weighted by molar-refractivity contribution is -0.119. The van der Waals surface area contributed by atoms with E-state index in [0.29, 0.717) is 31.7 Å². The zero-order chi connectivity index (χ0) is 22.4. The Morgan fingerprint density at radius 3 is 1.90 bits per heavy atom. The predicted octanol–water partition coefficient (Wildman–Crippen LogP) is 3.18. The maximum absolute atomic E-state index is 12.8. The van der Waals surface area contributed by atoms with Gasteiger partial charge in [-0.15, -0.1) is 0 Å². The fourth-order valence-corrected chi connectivity index (χ4v) is 3.52. The summed E-state index contributed by atoms with van der Waals surface area (Å²) >= 11 is 0. The van der Waals surface area contributed by atoms with Gasteiger partial charge in [-0.25, -0.2) is 0 Å². The third-order valence-electron chi connectivity index (χ3n) is 5.44. The molecule has 3 aromatic rings. The highest BCUT2D eigenvalue weighted by Crippen LogP contribution is 2.18. The molecule has 0 fully saturated rings. The van der Waals surface area contributed by atoms with Gasteiger partial charge in [-0.1, -0.05) is 48.5 Å². The summed E-state index contributed by atoms with van der Waals surface area (Å²) in [6.07, 6.45) is 0. The van der Waals surface area contributed by atoms with Crippen LogP contribution in [-0.4, -0.2) is 16.4 Å². The Labute approximate surface area is 183 Å². The number of nitrogens with two attached hydrogens (primary N) is 1. The minimum atomic E-state index is -0.0760. The molecule has 0 saturated heterocycles. The minimum Gasteiger partial charge on any atom is -0.352 e. The summed E-state index contributed by atoms with van der Waals surface area (Å²) in [5, 5.41) is 5.81. The molecule has 0 radical (unpaired) electrons. The Hall–Kier alpha value is -3.38. The van der Waals surface area contributed by atoms with E-state index in [0.717, 1.165) is 33.6 Å². The maximum Gasteiger partial charge on any atom is 0.253 e. The largest absolute Gasteiger partial charge is 0.352 e. The molecule has 0 aliphatic rings. The maximum atomic E-state index is 12.8. The van der Waals surface area contributed by atoms with Crippen LogP contribution in [0, 0.1) is 13.8 Å². The Bertz CT molecular complexity index is 1050. The first kappa shape index (κ1) is 22.3. The minimum absolute atomic E-state index is 0.0407. The summed E-state index contributed by atoms with van der Waals surface area (Å²) in [7, 11) is 0. The number of aromatic nitrogens is 1. The van der Waals surface area contributed by atoms with Crippen LogP contribution in [0.3, 0.4) is 0 Å². The summed E-state index contributed by atoms with van der Waals surface area (Å²) in [6, 6.07) is 18.0. The molecule has 1 aromatic heterocycles. The summed E-state index contributed by atoms with van der Waals surface area (Å²) in [5.41, 5.74) is 12.6. The number of amides is 2. The summed E-state index contributed by atoms with van der Waals surface area (Å²) in [6.45, 7) is 7.70. The van der Waals surface area contributed by atoms with Gasteiger partial charge in [0.2, 0.25) is 5.91 Å². The van der Waals surface area contributed by atoms with E-state index in [1.807, 2.05) is 56.3 Å². The van der Waals surface area contributed by atoms with Gasteiger partial charge < -0.3 is 20.9 Å². The standard InChI is InChI=1S/C25H30N4O2/c1-17-12-24(25(31)28-15-22-6-4-20(13-26)5-7-22)18(2)29(17)16-23-10-8-21(9-11-23)14-27-19(3)30/h4-12H,13-16,26H2,1-3H3,(H,27,30)(H,28,31). The van der Waals surface area contributed by atoms with E-state index < -0.39 is 0 Å². The van der Waals surface area contributed by atoms with Crippen molar-refractivity contribution < 1.29 is 9.59 Å². The van der Waals surface area contributed by atoms with Crippen molar-refractivity contribution in [2.75, 3.05) is 0 Å². The molecule has 0 aliphatic carbocycles. The molecule has 0 atom stereocenters. The first-order chi connectivity index (χ1) is 14.9. The first-order valence-corrected chi connectivity index (χ1v) is 10.4. The van der Waals surface area contributed by atoms with Crippen molar-refractivity contribution in [2.24, 2.45) is 5.73 Å². The van der Waals surface area contributed by atoms with E-state index in [4.69, 9.17) is 5.73 Å². The fraction of sp³-hybridized carbons (Fsp3) is 0.280. The SMILES string of the molecule is CC(=O)NCc1ccc(Cn2c(C)cc(C(=O)NCc3ccc(CN)cc3)c2C)cc1. The number of benzene rings is 2. The van der Waals surface area contributed by atoms with Crippen LogP contribution < -0.4 is 16.4 Å². The van der Waals surface area contributed by atoms with E-state index in [1.165, 1.54) is 6.92 Å². The van der Waals surface area contributed by atoms with Crippen LogP contribution in [0.4, 0.5) is 0 Å². The quantitative estimate of drug-likeness (QED) is 0.525. The van der Waals surface area contributed by atoms with E-state index >= 15 is 0 Å². The van der Waals surface area contributed by atoms with Gasteiger partial charge >= 0.3 is 0 Å². The van der Waals surface area contributed by atoms with Crippen LogP contribution in [0.1, 0.15) is 50.9 Å². The Morgan fingerprint density at radius 2 is 1.35 bits per heavy atom. The number of nitrogens with one attached hydrogen (secondary N) is 2. The highest BCUT2D eigenvalue weighted by Gasteiger charge is 2.15. The van der Waals surface area contributed by atoms with Crippen molar-refractivity contribution in [3.05, 3.63) is 93.8 Å². The van der Waals surface area contributed by atoms with Crippen LogP contribution in [-0.2, 0) is 31.0 Å². The van der Waals surface area contributed by atoms with Crippen LogP contribution >= 0.6 is 0 Å². The molecule has 4 N–H and O–H groups in total. The number of hydrogen-bond donors (Lipinski definition) is 3. The van der Waals surface area contributed by atoms with E-state index in [9.17, 15) is 9.59 Å². The average Bonchev–Trinajstić information content (AvgIpc) is 3.05. The Balaban J connectivity index is 1.65. The highest BCUT2D eigenvalue weighted by molar-refractivity contribution is 5.95. The fourth-order valence-electron chi connectivity index (χ4n) is 3.52. The second kappa shape index (κ2) is 10.1. The van der Waals surface area contributed by atoms with Crippen molar-refractivity contribution >= 4 is 11.8 Å². The van der Waals surface area contributed by atoms with E-state index in [-0.39, 0.29) is 11.8 Å². The smallest absolute Gasteiger partial charge is 0.253 e. The normalized spacial score (nSPS) is 10.7. The van der Waals surface area contributed by atoms with Crippen molar-refractivity contribution in [1.82, 2.24) is 15.2 Å². The van der Waals surface area contributed by atoms with Gasteiger partial charge in [0.25, 0.3) is 5.91 Å². The molecule has 162 valence electrons. The van der Waals surface area contributed by atoms with Crippen molar-refractivity contribution in [3.8, 4) is 0 Å². The number of nitrogens with zero attached hydrogens (tertiary/aromatic N) is 1. The Kier molecular flexibility index (Phi) is 7.26. The van der Waals surface area contributed by atoms with Crippen LogP contribution in [0.15, 0.2) is 54.6 Å². The molecule has 3 rings (SSSR count). The van der Waals surface area contributed by atoms with Gasteiger partial charge in [-0.2, -0.15) is 0 Å². The number of rotatable bonds is 8. The summed E-state index contributed by atoms with van der Waals surface area (Å²) in [4.78, 5) is 23.8. The topological polar surface area (TPSA) is 89.2 Å². The highest BCUT2D eigenvalue weighted by atomic mass is 16.2. The molecular weight excluding hydrogens is 388 g/mol. The third-order valence-corrected chi connectivity index (χ3v) is 5.44. The van der Waals surface area contributed by atoms with Gasteiger partial charge in [0.1, 0.15) is 0 Å². The number of carbonyl (C=O) groups excluding carboxylic acids is 2. The molecule has 6 nitrogen and oxygen atoms in total. The lowest BCUT2D eigenvalue weighted by atomic mass is 10.1. The average molecular weight is 419 g/mol. The first-order valence-electron chi connectivity index (χ1n) is 10.4. The lowest BCUT2D eigenvalue weighted by Crippen LogP contribution is -2.23. The predicted molar refractivity (Wildman–Crippen MR) is 122 cm³/mol. The van der Waals surface area contributed by atoms with Crippen molar-refractivity contribution in [2.45, 2.75) is 47.0 Å². The molecule has 2 aromatic carbocycles. The molecule has 0 aliphatic heterocycles. The molecular formula is C25H30N4O2.